The van der Waals surface area contributed by atoms with Gasteiger partial charge in [-0.15, -0.1) is 11.3 Å². The Morgan fingerprint density at radius 1 is 0.817 bits per heavy atom. The number of ether oxygens (including phenoxy) is 2. The van der Waals surface area contributed by atoms with E-state index in [9.17, 15) is 19.2 Å². The molecule has 2 aromatic carbocycles. The number of alkyl carbamates (subject to hydrolysis) is 2. The number of hydrogen-bond acceptors (Lipinski definition) is 9. The number of imidazole rings is 2. The molecule has 2 aliphatic heterocycles. The fourth-order valence-corrected chi connectivity index (χ4v) is 9.64. The molecule has 2 aliphatic carbocycles. The minimum Gasteiger partial charge on any atom is -0.453 e. The van der Waals surface area contributed by atoms with Gasteiger partial charge in [0.2, 0.25) is 5.91 Å². The van der Waals surface area contributed by atoms with Crippen LogP contribution in [0.2, 0.25) is 0 Å². The Labute approximate surface area is 351 Å². The van der Waals surface area contributed by atoms with Crippen LogP contribution in [-0.4, -0.2) is 87.1 Å². The van der Waals surface area contributed by atoms with Gasteiger partial charge in [0.05, 0.1) is 49.2 Å². The molecule has 4 amide bonds. The zero-order valence-electron chi connectivity index (χ0n) is 34.0. The van der Waals surface area contributed by atoms with Gasteiger partial charge in [0, 0.05) is 29.1 Å². The van der Waals surface area contributed by atoms with Crippen LogP contribution in [0.4, 0.5) is 9.59 Å². The van der Waals surface area contributed by atoms with Crippen LogP contribution in [0.5, 0.6) is 0 Å². The summed E-state index contributed by atoms with van der Waals surface area (Å²) >= 11 is 1.42. The standard InChI is InChI=1S/C45H48N8O6S/c1-26(2)36(50-42(56)58-3)40(54)52-24-44(15-16-44)21-33(52)38-46-23-32(49-38)29-12-9-27(10-13-29)7-8-28-11-14-30-31(20-28)48-39(47-30)34-22-45(17-18-45)25-53(34)41(55)37(51-43(57)59-4)35-6-5-19-60-35/h5-6,9-14,19-20,23,26,33-34,36-37H,15-18,21-22,24-25H2,1-4H3,(H,46,49)(H,47,48)(H,50,56)(H,51,57)/t33-,34-,36-,37+/m0/s1. The van der Waals surface area contributed by atoms with Gasteiger partial charge in [-0.05, 0) is 103 Å². The second kappa shape index (κ2) is 15.5. The molecule has 60 heavy (non-hydrogen) atoms. The summed E-state index contributed by atoms with van der Waals surface area (Å²) in [5.41, 5.74) is 5.29. The predicted octanol–water partition coefficient (Wildman–Crippen LogP) is 7.00. The quantitative estimate of drug-likeness (QED) is 0.115. The van der Waals surface area contributed by atoms with Crippen molar-refractivity contribution < 1.29 is 28.7 Å². The molecule has 310 valence electrons. The largest absolute Gasteiger partial charge is 0.453 e. The van der Waals surface area contributed by atoms with Crippen LogP contribution in [0, 0.1) is 28.6 Å². The third-order valence-electron chi connectivity index (χ3n) is 12.7. The van der Waals surface area contributed by atoms with E-state index in [1.807, 2.05) is 89.8 Å². The summed E-state index contributed by atoms with van der Waals surface area (Å²) in [5, 5.41) is 7.38. The molecular weight excluding hydrogens is 781 g/mol. The van der Waals surface area contributed by atoms with Crippen molar-refractivity contribution in [1.29, 1.82) is 0 Å². The first-order chi connectivity index (χ1) is 29.0. The van der Waals surface area contributed by atoms with Crippen molar-refractivity contribution in [3.63, 3.8) is 0 Å². The van der Waals surface area contributed by atoms with E-state index in [1.165, 1.54) is 25.6 Å². The molecule has 2 saturated carbocycles. The number of aromatic amines is 2. The Morgan fingerprint density at radius 3 is 2.08 bits per heavy atom. The molecule has 9 rings (SSSR count). The molecule has 0 radical (unpaired) electrons. The van der Waals surface area contributed by atoms with E-state index in [0.29, 0.717) is 13.1 Å². The Hall–Kier alpha value is -6.14. The maximum atomic E-state index is 14.1. The van der Waals surface area contributed by atoms with Crippen LogP contribution < -0.4 is 10.6 Å². The van der Waals surface area contributed by atoms with Gasteiger partial charge >= 0.3 is 12.2 Å². The summed E-state index contributed by atoms with van der Waals surface area (Å²) in [6.07, 6.45) is 6.46. The summed E-state index contributed by atoms with van der Waals surface area (Å²) in [7, 11) is 2.59. The fourth-order valence-electron chi connectivity index (χ4n) is 8.87. The Morgan fingerprint density at radius 2 is 1.45 bits per heavy atom. The van der Waals surface area contributed by atoms with E-state index in [1.54, 1.807) is 0 Å². The van der Waals surface area contributed by atoms with E-state index < -0.39 is 24.3 Å². The molecule has 2 spiro atoms. The molecule has 0 bridgehead atoms. The Bertz CT molecular complexity index is 2510. The van der Waals surface area contributed by atoms with Crippen molar-refractivity contribution in [3.8, 4) is 23.1 Å². The van der Waals surface area contributed by atoms with Gasteiger partial charge in [-0.3, -0.25) is 9.59 Å². The summed E-state index contributed by atoms with van der Waals surface area (Å²) in [6, 6.07) is 15.6. The number of methoxy groups -OCH3 is 2. The van der Waals surface area contributed by atoms with E-state index >= 15 is 0 Å². The maximum Gasteiger partial charge on any atom is 0.407 e. The summed E-state index contributed by atoms with van der Waals surface area (Å²) < 4.78 is 9.67. The van der Waals surface area contributed by atoms with Gasteiger partial charge in [0.25, 0.3) is 5.91 Å². The number of carbonyl (C=O) groups excluding carboxylic acids is 4. The van der Waals surface area contributed by atoms with Crippen molar-refractivity contribution in [2.24, 2.45) is 16.7 Å². The van der Waals surface area contributed by atoms with E-state index in [4.69, 9.17) is 19.4 Å². The molecule has 3 aromatic heterocycles. The van der Waals surface area contributed by atoms with Crippen molar-refractivity contribution in [1.82, 2.24) is 40.4 Å². The van der Waals surface area contributed by atoms with Gasteiger partial charge in [-0.1, -0.05) is 43.9 Å². The van der Waals surface area contributed by atoms with Crippen LogP contribution >= 0.6 is 11.3 Å². The molecule has 14 nitrogen and oxygen atoms in total. The third-order valence-corrected chi connectivity index (χ3v) is 13.6. The summed E-state index contributed by atoms with van der Waals surface area (Å²) in [6.45, 7) is 5.10. The van der Waals surface area contributed by atoms with Gasteiger partial charge in [-0.25, -0.2) is 19.6 Å². The van der Waals surface area contributed by atoms with Crippen molar-refractivity contribution in [2.75, 3.05) is 27.3 Å². The number of nitrogens with one attached hydrogen (secondary N) is 4. The molecule has 4 fully saturated rings. The maximum absolute atomic E-state index is 14.1. The van der Waals surface area contributed by atoms with Gasteiger partial charge in [-0.2, -0.15) is 0 Å². The SMILES string of the molecule is COC(=O)N[C@H](C(=O)N1CC2(CC2)C[C@H]1c1ncc(-c2ccc(C#Cc3ccc4nc([C@@H]5CC6(CC6)CN5C(=O)[C@H](NC(=O)OC)c5cccs5)[nH]c4c3)cc2)[nH]1)C(C)C. The molecule has 5 heterocycles. The average Bonchev–Trinajstić information content (AvgIpc) is 3.71. The average molecular weight is 829 g/mol. The first kappa shape index (κ1) is 39.3. The van der Waals surface area contributed by atoms with Crippen LogP contribution in [0.3, 0.4) is 0 Å². The number of amides is 4. The molecule has 2 saturated heterocycles. The van der Waals surface area contributed by atoms with Gasteiger partial charge in [0.15, 0.2) is 0 Å². The highest BCUT2D eigenvalue weighted by molar-refractivity contribution is 7.10. The number of likely N-dealkylation sites (tertiary alicyclic amines) is 2. The lowest BCUT2D eigenvalue weighted by atomic mass is 10.0. The predicted molar refractivity (Wildman–Crippen MR) is 224 cm³/mol. The normalized spacial score (nSPS) is 20.5. The van der Waals surface area contributed by atoms with E-state index in [0.717, 1.165) is 88.5 Å². The molecule has 4 atom stereocenters. The highest BCUT2D eigenvalue weighted by atomic mass is 32.1. The smallest absolute Gasteiger partial charge is 0.407 e. The summed E-state index contributed by atoms with van der Waals surface area (Å²) in [4.78, 5) is 73.6. The monoisotopic (exact) mass is 828 g/mol. The van der Waals surface area contributed by atoms with Crippen LogP contribution in [0.1, 0.15) is 98.2 Å². The van der Waals surface area contributed by atoms with Crippen molar-refractivity contribution in [3.05, 3.63) is 93.8 Å². The molecule has 0 unspecified atom stereocenters. The Kier molecular flexibility index (Phi) is 10.1. The number of benzene rings is 2. The molecule has 15 heteroatoms. The first-order valence-corrected chi connectivity index (χ1v) is 21.3. The highest BCUT2D eigenvalue weighted by Crippen LogP contribution is 2.59. The number of hydrogen-bond donors (Lipinski definition) is 4. The lowest BCUT2D eigenvalue weighted by Crippen LogP contribution is -2.51. The van der Waals surface area contributed by atoms with Gasteiger partial charge < -0.3 is 39.9 Å². The first-order valence-electron chi connectivity index (χ1n) is 20.5. The highest BCUT2D eigenvalue weighted by Gasteiger charge is 2.56. The van der Waals surface area contributed by atoms with Crippen LogP contribution in [-0.2, 0) is 19.1 Å². The van der Waals surface area contributed by atoms with E-state index in [-0.39, 0.29) is 40.6 Å². The fraction of sp³-hybridized carbons (Fsp3) is 0.422. The van der Waals surface area contributed by atoms with Gasteiger partial charge in [0.1, 0.15) is 23.7 Å². The minimum absolute atomic E-state index is 0.0798. The number of nitrogens with zero attached hydrogens (tertiary/aromatic N) is 4. The number of fused-ring (bicyclic) bond motifs is 1. The number of H-pyrrole nitrogens is 2. The molecular formula is C45H48N8O6S. The van der Waals surface area contributed by atoms with Crippen LogP contribution in [0.25, 0.3) is 22.3 Å². The number of aromatic nitrogens is 4. The lowest BCUT2D eigenvalue weighted by Gasteiger charge is -2.30. The van der Waals surface area contributed by atoms with Crippen molar-refractivity contribution >= 4 is 46.4 Å². The van der Waals surface area contributed by atoms with Crippen molar-refractivity contribution in [2.45, 2.75) is 76.5 Å². The lowest BCUT2D eigenvalue weighted by molar-refractivity contribution is -0.136. The van der Waals surface area contributed by atoms with E-state index in [2.05, 4.69) is 32.4 Å². The third kappa shape index (κ3) is 7.72. The second-order valence-electron chi connectivity index (χ2n) is 17.2. The topological polar surface area (TPSA) is 175 Å². The van der Waals surface area contributed by atoms with Crippen LogP contribution in [0.15, 0.2) is 66.2 Å². The molecule has 4 aliphatic rings. The molecule has 5 aromatic rings. The second-order valence-corrected chi connectivity index (χ2v) is 18.2. The number of rotatable bonds is 9. The number of carbonyl (C=O) groups is 4. The minimum atomic E-state index is -0.844. The molecule has 4 N–H and O–H groups in total. The zero-order valence-corrected chi connectivity index (χ0v) is 34.9. The summed E-state index contributed by atoms with van der Waals surface area (Å²) in [5.74, 6) is 7.64. The number of thiophene rings is 1. The Balaban J connectivity index is 0.893. The zero-order chi connectivity index (χ0) is 41.8.